The molecule has 0 amide bonds. The molecule has 0 atom stereocenters. The molecule has 2 aromatic rings. The summed E-state index contributed by atoms with van der Waals surface area (Å²) in [6.45, 7) is 4.01. The number of rotatable bonds is 5. The minimum atomic E-state index is 0.236. The Kier molecular flexibility index (Phi) is 4.88. The summed E-state index contributed by atoms with van der Waals surface area (Å²) in [5, 5.41) is 2.98. The second kappa shape index (κ2) is 6.84. The highest BCUT2D eigenvalue weighted by molar-refractivity contribution is 5.93. The van der Waals surface area contributed by atoms with Crippen molar-refractivity contribution in [3.63, 3.8) is 0 Å². The maximum atomic E-state index is 5.89. The summed E-state index contributed by atoms with van der Waals surface area (Å²) in [5.41, 5.74) is 7.41. The third-order valence-corrected chi connectivity index (χ3v) is 3.13. The van der Waals surface area contributed by atoms with Crippen LogP contribution in [0, 0.1) is 13.8 Å². The molecular formula is C15H20N4O3. The maximum absolute atomic E-state index is 5.89. The van der Waals surface area contributed by atoms with E-state index in [-0.39, 0.29) is 12.5 Å². The fraction of sp³-hybridized carbons (Fsp3) is 0.333. The third kappa shape index (κ3) is 3.69. The first kappa shape index (κ1) is 15.7. The minimum Gasteiger partial charge on any atom is -0.497 e. The van der Waals surface area contributed by atoms with Gasteiger partial charge >= 0.3 is 0 Å². The van der Waals surface area contributed by atoms with E-state index in [0.29, 0.717) is 23.1 Å². The third-order valence-electron chi connectivity index (χ3n) is 3.13. The van der Waals surface area contributed by atoms with Crippen LogP contribution in [0.1, 0.15) is 17.3 Å². The Balaban J connectivity index is 2.10. The molecule has 2 rings (SSSR count). The number of aromatic nitrogens is 1. The number of oxazole rings is 1. The van der Waals surface area contributed by atoms with Crippen LogP contribution in [-0.2, 0) is 6.54 Å². The van der Waals surface area contributed by atoms with Gasteiger partial charge in [-0.25, -0.2) is 9.98 Å². The van der Waals surface area contributed by atoms with Gasteiger partial charge in [-0.15, -0.1) is 0 Å². The number of guanidine groups is 1. The van der Waals surface area contributed by atoms with Crippen molar-refractivity contribution in [3.8, 4) is 11.5 Å². The lowest BCUT2D eigenvalue weighted by molar-refractivity contribution is 0.405. The molecule has 22 heavy (non-hydrogen) atoms. The van der Waals surface area contributed by atoms with Gasteiger partial charge < -0.3 is 24.9 Å². The number of hydrogen-bond donors (Lipinski definition) is 2. The second-order valence-corrected chi connectivity index (χ2v) is 4.64. The number of nitrogens with one attached hydrogen (secondary N) is 1. The zero-order valence-corrected chi connectivity index (χ0v) is 13.1. The average Bonchev–Trinajstić information content (AvgIpc) is 2.83. The first-order valence-electron chi connectivity index (χ1n) is 6.75. The molecule has 0 aliphatic heterocycles. The van der Waals surface area contributed by atoms with E-state index in [1.807, 2.05) is 13.8 Å². The van der Waals surface area contributed by atoms with Crippen LogP contribution in [0.5, 0.6) is 11.5 Å². The van der Waals surface area contributed by atoms with Gasteiger partial charge in [0.1, 0.15) is 23.8 Å². The SMILES string of the molecule is COc1ccc(OC)c(NC(N)=NCc2nc(C)c(C)o2)c1. The van der Waals surface area contributed by atoms with Gasteiger partial charge in [0.2, 0.25) is 5.89 Å². The van der Waals surface area contributed by atoms with Crippen LogP contribution < -0.4 is 20.5 Å². The van der Waals surface area contributed by atoms with E-state index in [1.165, 1.54) is 0 Å². The molecule has 1 aromatic carbocycles. The number of aliphatic imine (C=N–C) groups is 1. The molecule has 0 fully saturated rings. The summed E-state index contributed by atoms with van der Waals surface area (Å²) >= 11 is 0. The van der Waals surface area contributed by atoms with Crippen molar-refractivity contribution in [2.45, 2.75) is 20.4 Å². The Morgan fingerprint density at radius 3 is 2.68 bits per heavy atom. The largest absolute Gasteiger partial charge is 0.497 e. The van der Waals surface area contributed by atoms with Crippen LogP contribution in [0.4, 0.5) is 5.69 Å². The molecule has 1 heterocycles. The van der Waals surface area contributed by atoms with Gasteiger partial charge in [-0.1, -0.05) is 0 Å². The normalized spacial score (nSPS) is 11.4. The predicted octanol–water partition coefficient (Wildman–Crippen LogP) is 2.24. The van der Waals surface area contributed by atoms with E-state index in [4.69, 9.17) is 19.6 Å². The number of aryl methyl sites for hydroxylation is 2. The topological polar surface area (TPSA) is 94.9 Å². The van der Waals surface area contributed by atoms with Crippen LogP contribution in [0.15, 0.2) is 27.6 Å². The molecule has 7 nitrogen and oxygen atoms in total. The number of nitrogens with zero attached hydrogens (tertiary/aromatic N) is 2. The number of ether oxygens (including phenoxy) is 2. The van der Waals surface area contributed by atoms with Gasteiger partial charge in [0.05, 0.1) is 25.6 Å². The summed E-state index contributed by atoms with van der Waals surface area (Å²) < 4.78 is 15.9. The molecule has 0 saturated carbocycles. The number of methoxy groups -OCH3 is 2. The highest BCUT2D eigenvalue weighted by atomic mass is 16.5. The van der Waals surface area contributed by atoms with Crippen molar-refractivity contribution in [2.24, 2.45) is 10.7 Å². The molecule has 1 aromatic heterocycles. The maximum Gasteiger partial charge on any atom is 0.216 e. The summed E-state index contributed by atoms with van der Waals surface area (Å²) in [6, 6.07) is 5.37. The second-order valence-electron chi connectivity index (χ2n) is 4.64. The molecule has 0 aliphatic carbocycles. The van der Waals surface area contributed by atoms with Crippen molar-refractivity contribution in [1.29, 1.82) is 0 Å². The molecule has 0 radical (unpaired) electrons. The van der Waals surface area contributed by atoms with E-state index in [9.17, 15) is 0 Å². The van der Waals surface area contributed by atoms with Crippen molar-refractivity contribution in [3.05, 3.63) is 35.5 Å². The molecular weight excluding hydrogens is 284 g/mol. The highest BCUT2D eigenvalue weighted by Gasteiger charge is 2.07. The highest BCUT2D eigenvalue weighted by Crippen LogP contribution is 2.28. The monoisotopic (exact) mass is 304 g/mol. The van der Waals surface area contributed by atoms with Crippen LogP contribution in [0.25, 0.3) is 0 Å². The van der Waals surface area contributed by atoms with E-state index >= 15 is 0 Å². The molecule has 118 valence electrons. The smallest absolute Gasteiger partial charge is 0.216 e. The summed E-state index contributed by atoms with van der Waals surface area (Å²) in [4.78, 5) is 8.45. The quantitative estimate of drug-likeness (QED) is 0.650. The summed E-state index contributed by atoms with van der Waals surface area (Å²) in [7, 11) is 3.18. The van der Waals surface area contributed by atoms with E-state index in [2.05, 4.69) is 15.3 Å². The van der Waals surface area contributed by atoms with Crippen molar-refractivity contribution in [1.82, 2.24) is 4.98 Å². The van der Waals surface area contributed by atoms with Crippen LogP contribution in [-0.4, -0.2) is 25.2 Å². The number of anilines is 1. The Morgan fingerprint density at radius 2 is 2.09 bits per heavy atom. The van der Waals surface area contributed by atoms with Gasteiger partial charge in [-0.2, -0.15) is 0 Å². The van der Waals surface area contributed by atoms with Crippen LogP contribution in [0.2, 0.25) is 0 Å². The van der Waals surface area contributed by atoms with Gasteiger partial charge in [-0.05, 0) is 26.0 Å². The van der Waals surface area contributed by atoms with Crippen LogP contribution >= 0.6 is 0 Å². The number of hydrogen-bond acceptors (Lipinski definition) is 5. The van der Waals surface area contributed by atoms with Crippen molar-refractivity contribution in [2.75, 3.05) is 19.5 Å². The molecule has 0 unspecified atom stereocenters. The molecule has 0 saturated heterocycles. The number of nitrogens with two attached hydrogens (primary N) is 1. The lowest BCUT2D eigenvalue weighted by Gasteiger charge is -2.11. The fourth-order valence-corrected chi connectivity index (χ4v) is 1.85. The Hall–Kier alpha value is -2.70. The van der Waals surface area contributed by atoms with Crippen molar-refractivity contribution < 1.29 is 13.9 Å². The van der Waals surface area contributed by atoms with E-state index < -0.39 is 0 Å². The Morgan fingerprint density at radius 1 is 1.32 bits per heavy atom. The first-order valence-corrected chi connectivity index (χ1v) is 6.75. The zero-order valence-electron chi connectivity index (χ0n) is 13.1. The molecule has 0 aliphatic rings. The summed E-state index contributed by atoms with van der Waals surface area (Å²) in [5.74, 6) is 2.88. The Labute approximate surface area is 129 Å². The number of benzene rings is 1. The van der Waals surface area contributed by atoms with Gasteiger partial charge in [-0.3, -0.25) is 0 Å². The van der Waals surface area contributed by atoms with E-state index in [1.54, 1.807) is 32.4 Å². The molecule has 0 spiro atoms. The van der Waals surface area contributed by atoms with Crippen molar-refractivity contribution >= 4 is 11.6 Å². The van der Waals surface area contributed by atoms with Gasteiger partial charge in [0.15, 0.2) is 5.96 Å². The predicted molar refractivity (Wildman–Crippen MR) is 84.5 cm³/mol. The zero-order chi connectivity index (χ0) is 16.1. The summed E-state index contributed by atoms with van der Waals surface area (Å²) in [6.07, 6.45) is 0. The lowest BCUT2D eigenvalue weighted by Crippen LogP contribution is -2.23. The first-order chi connectivity index (χ1) is 10.5. The fourth-order valence-electron chi connectivity index (χ4n) is 1.85. The molecule has 3 N–H and O–H groups in total. The standard InChI is InChI=1S/C15H20N4O3/c1-9-10(2)22-14(18-9)8-17-15(16)19-12-7-11(20-3)5-6-13(12)21-4/h5-7H,8H2,1-4H3,(H3,16,17,19). The molecule has 0 bridgehead atoms. The van der Waals surface area contributed by atoms with Crippen LogP contribution in [0.3, 0.4) is 0 Å². The van der Waals surface area contributed by atoms with Gasteiger partial charge in [0.25, 0.3) is 0 Å². The Bertz CT molecular complexity index is 660. The average molecular weight is 304 g/mol. The molecule has 7 heteroatoms. The lowest BCUT2D eigenvalue weighted by atomic mass is 10.2. The minimum absolute atomic E-state index is 0.236. The van der Waals surface area contributed by atoms with Gasteiger partial charge in [0, 0.05) is 6.07 Å². The van der Waals surface area contributed by atoms with E-state index in [0.717, 1.165) is 11.5 Å².